The van der Waals surface area contributed by atoms with Crippen molar-refractivity contribution in [2.75, 3.05) is 11.5 Å². The molecule has 308 valence electrons. The minimum absolute atomic E-state index is 0.0455. The lowest BCUT2D eigenvalue weighted by molar-refractivity contribution is 0.0203. The molecule has 15 nitrogen and oxygen atoms in total. The van der Waals surface area contributed by atoms with Crippen molar-refractivity contribution in [2.45, 2.75) is 118 Å². The van der Waals surface area contributed by atoms with Crippen LogP contribution in [-0.4, -0.2) is 62.9 Å². The number of pyridine rings is 1. The molecule has 2 aromatic carbocycles. The van der Waals surface area contributed by atoms with Crippen molar-refractivity contribution < 1.29 is 47.6 Å². The Kier molecular flexibility index (Phi) is 12.0. The number of aromatic nitrogens is 2. The van der Waals surface area contributed by atoms with Crippen LogP contribution in [0.4, 0.5) is 25.0 Å². The molecule has 0 bridgehead atoms. The third-order valence-corrected chi connectivity index (χ3v) is 8.56. The number of alkyl carbamates (subject to hydrolysis) is 1. The summed E-state index contributed by atoms with van der Waals surface area (Å²) in [5.74, 6) is -0.00567. The molecule has 1 N–H and O–H groups in total. The van der Waals surface area contributed by atoms with Crippen LogP contribution in [0.1, 0.15) is 97.4 Å². The molecule has 5 rings (SSSR count). The molecule has 0 aliphatic heterocycles. The van der Waals surface area contributed by atoms with Crippen LogP contribution in [0.3, 0.4) is 0 Å². The third kappa shape index (κ3) is 10.6. The maximum atomic E-state index is 14.1. The van der Waals surface area contributed by atoms with Crippen LogP contribution >= 0.6 is 0 Å². The topological polar surface area (TPSA) is 181 Å². The first-order chi connectivity index (χ1) is 27.0. The van der Waals surface area contributed by atoms with Gasteiger partial charge in [-0.1, -0.05) is 36.4 Å². The van der Waals surface area contributed by atoms with Crippen molar-refractivity contribution >= 4 is 41.3 Å². The van der Waals surface area contributed by atoms with E-state index >= 15 is 0 Å². The number of rotatable bonds is 9. The SMILES string of the molecule is Cc1ccc(OC(=O)OC(C)(C)C)c(C)c1-n1c(N(C(=O)OC(C)(C)C)C(=O)OC(C)(C)C)c(C#N)c2ccc(OCC3(NC(=O)OCc4ccccc4)CC3)nc21. The fourth-order valence-corrected chi connectivity index (χ4v) is 5.88. The van der Waals surface area contributed by atoms with Crippen molar-refractivity contribution in [1.82, 2.24) is 14.9 Å². The summed E-state index contributed by atoms with van der Waals surface area (Å²) in [6.45, 7) is 18.5. The summed E-state index contributed by atoms with van der Waals surface area (Å²) in [5.41, 5.74) is -1.51. The lowest BCUT2D eigenvalue weighted by atomic mass is 10.1. The Morgan fingerprint density at radius 2 is 1.45 bits per heavy atom. The standard InChI is InChI=1S/C43H51N5O10/c1-26-17-19-31(55-39(52)58-42(9,10)11)27(2)33(26)47-34-29(30(23-44)35(47)48(37(50)56-40(3,4)5)38(51)57-41(6,7)8)18-20-32(45-34)54-25-43(21-22-43)46-36(49)53-24-28-15-13-12-14-16-28/h12-20H,21-22,24-25H2,1-11H3,(H,46,49). The zero-order chi connectivity index (χ0) is 42.8. The summed E-state index contributed by atoms with van der Waals surface area (Å²) >= 11 is 0. The highest BCUT2D eigenvalue weighted by Crippen LogP contribution is 2.41. The Morgan fingerprint density at radius 1 is 0.845 bits per heavy atom. The number of carbonyl (C=O) groups excluding carboxylic acids is 4. The Bertz CT molecular complexity index is 2220. The molecule has 0 saturated heterocycles. The van der Waals surface area contributed by atoms with Crippen LogP contribution in [-0.2, 0) is 25.6 Å². The summed E-state index contributed by atoms with van der Waals surface area (Å²) in [4.78, 5) is 59.4. The first kappa shape index (κ1) is 42.8. The number of fused-ring (bicyclic) bond motifs is 1. The number of anilines is 1. The third-order valence-electron chi connectivity index (χ3n) is 8.56. The smallest absolute Gasteiger partial charge is 0.475 e. The molecule has 58 heavy (non-hydrogen) atoms. The van der Waals surface area contributed by atoms with E-state index < -0.39 is 46.8 Å². The predicted octanol–water partition coefficient (Wildman–Crippen LogP) is 9.34. The van der Waals surface area contributed by atoms with E-state index in [1.807, 2.05) is 30.3 Å². The van der Waals surface area contributed by atoms with Gasteiger partial charge in [-0.15, -0.1) is 0 Å². The van der Waals surface area contributed by atoms with Gasteiger partial charge in [0, 0.05) is 17.0 Å². The van der Waals surface area contributed by atoms with Crippen molar-refractivity contribution in [1.29, 1.82) is 5.26 Å². The van der Waals surface area contributed by atoms with Crippen LogP contribution < -0.4 is 19.7 Å². The number of amides is 3. The molecule has 2 heterocycles. The van der Waals surface area contributed by atoms with E-state index in [0.29, 0.717) is 34.6 Å². The molecule has 0 radical (unpaired) electrons. The highest BCUT2D eigenvalue weighted by atomic mass is 16.7. The van der Waals surface area contributed by atoms with Gasteiger partial charge in [-0.05, 0) is 112 Å². The minimum Gasteiger partial charge on any atom is -0.475 e. The van der Waals surface area contributed by atoms with Crippen molar-refractivity contribution in [3.05, 3.63) is 76.9 Å². The minimum atomic E-state index is -1.11. The number of hydrogen-bond acceptors (Lipinski definition) is 12. The number of aryl methyl sites for hydroxylation is 1. The highest BCUT2D eigenvalue weighted by molar-refractivity contribution is 6.12. The Labute approximate surface area is 338 Å². The van der Waals surface area contributed by atoms with E-state index in [4.69, 9.17) is 33.4 Å². The van der Waals surface area contributed by atoms with Crippen molar-refractivity contribution in [3.63, 3.8) is 0 Å². The Balaban J connectivity index is 1.64. The quantitative estimate of drug-likeness (QED) is 0.0964. The second-order valence-electron chi connectivity index (χ2n) is 17.1. The second kappa shape index (κ2) is 16.3. The van der Waals surface area contributed by atoms with Crippen molar-refractivity contribution in [3.8, 4) is 23.4 Å². The van der Waals surface area contributed by atoms with Crippen LogP contribution in [0.15, 0.2) is 54.6 Å². The number of imide groups is 1. The van der Waals surface area contributed by atoms with Gasteiger partial charge in [-0.25, -0.2) is 19.2 Å². The van der Waals surface area contributed by atoms with Crippen LogP contribution in [0.2, 0.25) is 0 Å². The Hall–Kier alpha value is -6.30. The maximum Gasteiger partial charge on any atom is 0.514 e. The molecule has 4 aromatic rings. The summed E-state index contributed by atoms with van der Waals surface area (Å²) in [5, 5.41) is 13.9. The molecular formula is C43H51N5O10. The first-order valence-electron chi connectivity index (χ1n) is 18.8. The van der Waals surface area contributed by atoms with Gasteiger partial charge in [0.15, 0.2) is 11.5 Å². The normalized spacial score (nSPS) is 13.5. The fourth-order valence-electron chi connectivity index (χ4n) is 5.88. The summed E-state index contributed by atoms with van der Waals surface area (Å²) in [6.07, 6.45) is -2.50. The molecule has 3 amide bonds. The molecular weight excluding hydrogens is 746 g/mol. The highest BCUT2D eigenvalue weighted by Gasteiger charge is 2.46. The average Bonchev–Trinajstić information content (AvgIpc) is 3.79. The van der Waals surface area contributed by atoms with Gasteiger partial charge in [0.05, 0.1) is 11.2 Å². The molecule has 15 heteroatoms. The number of ether oxygens (including phenoxy) is 6. The predicted molar refractivity (Wildman–Crippen MR) is 214 cm³/mol. The molecule has 0 unspecified atom stereocenters. The first-order valence-corrected chi connectivity index (χ1v) is 18.8. The van der Waals surface area contributed by atoms with Crippen molar-refractivity contribution in [2.24, 2.45) is 0 Å². The lowest BCUT2D eigenvalue weighted by Gasteiger charge is -2.29. The van der Waals surface area contributed by atoms with Crippen LogP contribution in [0.5, 0.6) is 11.6 Å². The number of nitriles is 1. The monoisotopic (exact) mass is 797 g/mol. The van der Waals surface area contributed by atoms with Gasteiger partial charge in [0.25, 0.3) is 0 Å². The molecule has 1 aliphatic rings. The van der Waals surface area contributed by atoms with Gasteiger partial charge in [0.1, 0.15) is 47.4 Å². The number of hydrogen-bond donors (Lipinski definition) is 1. The molecule has 1 fully saturated rings. The van der Waals surface area contributed by atoms with E-state index in [2.05, 4.69) is 11.4 Å². The van der Waals surface area contributed by atoms with Gasteiger partial charge in [-0.2, -0.15) is 15.1 Å². The Morgan fingerprint density at radius 3 is 2.00 bits per heavy atom. The summed E-state index contributed by atoms with van der Waals surface area (Å²) in [6, 6.07) is 17.9. The van der Waals surface area contributed by atoms with Gasteiger partial charge >= 0.3 is 24.4 Å². The summed E-state index contributed by atoms with van der Waals surface area (Å²) < 4.78 is 35.6. The summed E-state index contributed by atoms with van der Waals surface area (Å²) in [7, 11) is 0. The zero-order valence-corrected chi connectivity index (χ0v) is 34.9. The molecule has 0 spiro atoms. The lowest BCUT2D eigenvalue weighted by Crippen LogP contribution is -2.45. The van der Waals surface area contributed by atoms with E-state index in [9.17, 15) is 24.4 Å². The van der Waals surface area contributed by atoms with Crippen LogP contribution in [0, 0.1) is 25.2 Å². The average molecular weight is 798 g/mol. The van der Waals surface area contributed by atoms with E-state index in [0.717, 1.165) is 5.56 Å². The zero-order valence-electron chi connectivity index (χ0n) is 34.9. The second-order valence-corrected chi connectivity index (χ2v) is 17.1. The molecule has 1 saturated carbocycles. The maximum absolute atomic E-state index is 14.1. The van der Waals surface area contributed by atoms with E-state index in [1.54, 1.807) is 100 Å². The molecule has 2 aromatic heterocycles. The number of carbonyl (C=O) groups is 4. The van der Waals surface area contributed by atoms with Gasteiger partial charge in [0.2, 0.25) is 5.88 Å². The van der Waals surface area contributed by atoms with Gasteiger partial charge in [-0.3, -0.25) is 4.57 Å². The number of nitrogens with zero attached hydrogens (tertiary/aromatic N) is 4. The molecule has 0 atom stereocenters. The van der Waals surface area contributed by atoms with Gasteiger partial charge < -0.3 is 33.7 Å². The van der Waals surface area contributed by atoms with Crippen LogP contribution in [0.25, 0.3) is 16.7 Å². The number of nitrogens with one attached hydrogen (secondary N) is 1. The molecule has 1 aliphatic carbocycles. The largest absolute Gasteiger partial charge is 0.514 e. The van der Waals surface area contributed by atoms with E-state index in [-0.39, 0.29) is 47.3 Å². The fraction of sp³-hybridized carbons (Fsp3) is 0.442. The number of benzene rings is 2. The van der Waals surface area contributed by atoms with E-state index in [1.165, 1.54) is 4.57 Å².